The van der Waals surface area contributed by atoms with Crippen LogP contribution < -0.4 is 5.32 Å². The summed E-state index contributed by atoms with van der Waals surface area (Å²) in [5.41, 5.74) is 1.27. The van der Waals surface area contributed by atoms with Crippen LogP contribution in [0, 0.1) is 0 Å². The van der Waals surface area contributed by atoms with E-state index in [1.807, 2.05) is 0 Å². The van der Waals surface area contributed by atoms with E-state index in [1.54, 1.807) is 0 Å². The Kier molecular flexibility index (Phi) is 4.19. The van der Waals surface area contributed by atoms with Crippen LogP contribution in [-0.4, -0.2) is 19.7 Å². The van der Waals surface area contributed by atoms with Crippen molar-refractivity contribution >= 4 is 0 Å². The molecule has 0 radical (unpaired) electrons. The van der Waals surface area contributed by atoms with Crippen molar-refractivity contribution in [1.29, 1.82) is 0 Å². The Bertz CT molecular complexity index is 334. The molecule has 2 nitrogen and oxygen atoms in total. The maximum absolute atomic E-state index is 6.18. The monoisotopic (exact) mass is 233 g/mol. The number of hydrogen-bond donors (Lipinski definition) is 1. The van der Waals surface area contributed by atoms with Crippen LogP contribution in [0.5, 0.6) is 0 Å². The zero-order chi connectivity index (χ0) is 12.1. The van der Waals surface area contributed by atoms with Gasteiger partial charge in [-0.25, -0.2) is 0 Å². The summed E-state index contributed by atoms with van der Waals surface area (Å²) in [5, 5.41) is 3.41. The summed E-state index contributed by atoms with van der Waals surface area (Å²) in [6, 6.07) is 11.3. The molecule has 1 aliphatic heterocycles. The molecule has 2 heteroatoms. The normalized spacial score (nSPS) is 29.2. The van der Waals surface area contributed by atoms with Crippen LogP contribution in [0.4, 0.5) is 0 Å². The maximum atomic E-state index is 6.18. The number of rotatable bonds is 4. The third kappa shape index (κ3) is 2.70. The molecule has 2 unspecified atom stereocenters. The molecule has 94 valence electrons. The Balaban J connectivity index is 2.25. The van der Waals surface area contributed by atoms with Crippen LogP contribution in [-0.2, 0) is 10.3 Å². The van der Waals surface area contributed by atoms with Crippen LogP contribution in [0.25, 0.3) is 0 Å². The van der Waals surface area contributed by atoms with E-state index in [0.29, 0.717) is 6.04 Å². The lowest BCUT2D eigenvalue weighted by Crippen LogP contribution is -2.44. The van der Waals surface area contributed by atoms with Crippen LogP contribution >= 0.6 is 0 Å². The van der Waals surface area contributed by atoms with Gasteiger partial charge in [-0.1, -0.05) is 43.7 Å². The van der Waals surface area contributed by atoms with E-state index in [0.717, 1.165) is 32.3 Å². The average molecular weight is 233 g/mol. The van der Waals surface area contributed by atoms with Crippen LogP contribution in [0.2, 0.25) is 0 Å². The van der Waals surface area contributed by atoms with Gasteiger partial charge in [-0.3, -0.25) is 0 Å². The first kappa shape index (κ1) is 12.6. The van der Waals surface area contributed by atoms with Crippen molar-refractivity contribution < 1.29 is 4.74 Å². The van der Waals surface area contributed by atoms with Gasteiger partial charge < -0.3 is 10.1 Å². The van der Waals surface area contributed by atoms with E-state index in [9.17, 15) is 0 Å². The van der Waals surface area contributed by atoms with Gasteiger partial charge in [0.1, 0.15) is 0 Å². The number of benzene rings is 1. The predicted octanol–water partition coefficient (Wildman–Crippen LogP) is 3.08. The number of hydrogen-bond acceptors (Lipinski definition) is 2. The van der Waals surface area contributed by atoms with Gasteiger partial charge in [0.15, 0.2) is 0 Å². The fraction of sp³-hybridized carbons (Fsp3) is 0.600. The minimum Gasteiger partial charge on any atom is -0.370 e. The van der Waals surface area contributed by atoms with Crippen molar-refractivity contribution in [2.45, 2.75) is 44.2 Å². The Morgan fingerprint density at radius 2 is 2.12 bits per heavy atom. The molecule has 1 heterocycles. The van der Waals surface area contributed by atoms with Crippen LogP contribution in [0.3, 0.4) is 0 Å². The first-order chi connectivity index (χ1) is 8.30. The summed E-state index contributed by atoms with van der Waals surface area (Å²) < 4.78 is 6.18. The molecule has 1 aliphatic rings. The van der Waals surface area contributed by atoms with Gasteiger partial charge in [0.05, 0.1) is 5.60 Å². The lowest BCUT2D eigenvalue weighted by molar-refractivity contribution is -0.0993. The van der Waals surface area contributed by atoms with Gasteiger partial charge >= 0.3 is 0 Å². The minimum atomic E-state index is -0.0675. The molecule has 1 saturated heterocycles. The van der Waals surface area contributed by atoms with Crippen molar-refractivity contribution in [2.24, 2.45) is 0 Å². The van der Waals surface area contributed by atoms with E-state index in [1.165, 1.54) is 5.56 Å². The van der Waals surface area contributed by atoms with Gasteiger partial charge in [-0.2, -0.15) is 0 Å². The van der Waals surface area contributed by atoms with E-state index in [-0.39, 0.29) is 5.60 Å². The Morgan fingerprint density at radius 3 is 2.76 bits per heavy atom. The van der Waals surface area contributed by atoms with E-state index >= 15 is 0 Å². The Labute approximate surface area is 104 Å². The second-order valence-corrected chi connectivity index (χ2v) is 4.94. The molecule has 0 spiro atoms. The molecular formula is C15H23NO. The first-order valence-corrected chi connectivity index (χ1v) is 6.67. The summed E-state index contributed by atoms with van der Waals surface area (Å²) in [7, 11) is 2.05. The summed E-state index contributed by atoms with van der Waals surface area (Å²) >= 11 is 0. The van der Waals surface area contributed by atoms with Gasteiger partial charge in [-0.05, 0) is 31.9 Å². The second-order valence-electron chi connectivity index (χ2n) is 4.94. The van der Waals surface area contributed by atoms with E-state index in [2.05, 4.69) is 49.6 Å². The van der Waals surface area contributed by atoms with Gasteiger partial charge in [0.2, 0.25) is 0 Å². The number of nitrogens with one attached hydrogen (secondary N) is 1. The molecule has 1 N–H and O–H groups in total. The fourth-order valence-corrected chi connectivity index (χ4v) is 2.87. The topological polar surface area (TPSA) is 21.3 Å². The predicted molar refractivity (Wildman–Crippen MR) is 71.1 cm³/mol. The van der Waals surface area contributed by atoms with Crippen molar-refractivity contribution in [1.82, 2.24) is 5.32 Å². The zero-order valence-corrected chi connectivity index (χ0v) is 10.9. The van der Waals surface area contributed by atoms with Crippen molar-refractivity contribution in [2.75, 3.05) is 13.7 Å². The van der Waals surface area contributed by atoms with Crippen molar-refractivity contribution in [3.05, 3.63) is 35.9 Å². The SMILES string of the molecule is CCCC1(c2ccccc2)CC(NC)CCO1. The lowest BCUT2D eigenvalue weighted by atomic mass is 9.81. The molecule has 0 amide bonds. The quantitative estimate of drug-likeness (QED) is 0.863. The summed E-state index contributed by atoms with van der Waals surface area (Å²) in [4.78, 5) is 0. The molecule has 1 aromatic rings. The van der Waals surface area contributed by atoms with Gasteiger partial charge in [-0.15, -0.1) is 0 Å². The molecule has 0 saturated carbocycles. The Hall–Kier alpha value is -0.860. The highest BCUT2D eigenvalue weighted by atomic mass is 16.5. The van der Waals surface area contributed by atoms with Crippen molar-refractivity contribution in [3.63, 3.8) is 0 Å². The molecule has 0 bridgehead atoms. The highest BCUT2D eigenvalue weighted by Gasteiger charge is 2.37. The largest absolute Gasteiger partial charge is 0.370 e. The second kappa shape index (κ2) is 5.65. The molecule has 2 rings (SSSR count). The summed E-state index contributed by atoms with van der Waals surface area (Å²) in [5.74, 6) is 0. The summed E-state index contributed by atoms with van der Waals surface area (Å²) in [6.07, 6.45) is 4.47. The molecule has 0 aromatic heterocycles. The lowest BCUT2D eigenvalue weighted by Gasteiger charge is -2.41. The number of ether oxygens (including phenoxy) is 1. The smallest absolute Gasteiger partial charge is 0.0946 e. The standard InChI is InChI=1S/C15H23NO/c1-3-10-15(13-7-5-4-6-8-13)12-14(16-2)9-11-17-15/h4-8,14,16H,3,9-12H2,1-2H3. The molecule has 1 aromatic carbocycles. The molecule has 2 atom stereocenters. The van der Waals surface area contributed by atoms with E-state index in [4.69, 9.17) is 4.74 Å². The zero-order valence-electron chi connectivity index (χ0n) is 10.9. The molecular weight excluding hydrogens is 210 g/mol. The highest BCUT2D eigenvalue weighted by molar-refractivity contribution is 5.23. The van der Waals surface area contributed by atoms with Gasteiger partial charge in [0, 0.05) is 12.6 Å². The first-order valence-electron chi connectivity index (χ1n) is 6.67. The molecule has 17 heavy (non-hydrogen) atoms. The highest BCUT2D eigenvalue weighted by Crippen LogP contribution is 2.39. The molecule has 0 aliphatic carbocycles. The summed E-state index contributed by atoms with van der Waals surface area (Å²) in [6.45, 7) is 3.09. The third-order valence-corrected chi connectivity index (χ3v) is 3.78. The van der Waals surface area contributed by atoms with Crippen LogP contribution in [0.1, 0.15) is 38.2 Å². The van der Waals surface area contributed by atoms with Crippen molar-refractivity contribution in [3.8, 4) is 0 Å². The molecule has 1 fully saturated rings. The minimum absolute atomic E-state index is 0.0675. The third-order valence-electron chi connectivity index (χ3n) is 3.78. The Morgan fingerprint density at radius 1 is 1.35 bits per heavy atom. The fourth-order valence-electron chi connectivity index (χ4n) is 2.87. The maximum Gasteiger partial charge on any atom is 0.0946 e. The van der Waals surface area contributed by atoms with E-state index < -0.39 is 0 Å². The van der Waals surface area contributed by atoms with Crippen LogP contribution in [0.15, 0.2) is 30.3 Å². The van der Waals surface area contributed by atoms with Gasteiger partial charge in [0.25, 0.3) is 0 Å². The average Bonchev–Trinajstić information content (AvgIpc) is 2.40.